The van der Waals surface area contributed by atoms with Crippen molar-refractivity contribution in [2.75, 3.05) is 0 Å². The Morgan fingerprint density at radius 1 is 1.24 bits per heavy atom. The molecule has 0 atom stereocenters. The van der Waals surface area contributed by atoms with E-state index in [1.807, 2.05) is 0 Å². The Kier molecular flexibility index (Phi) is 4.62. The number of benzene rings is 1. The number of aromatic hydroxyl groups is 1. The second-order valence-electron chi connectivity index (χ2n) is 5.10. The summed E-state index contributed by atoms with van der Waals surface area (Å²) in [7, 11) is 0. The minimum atomic E-state index is -0.795. The second-order valence-corrected chi connectivity index (χ2v) is 5.10. The fraction of sp³-hybridized carbons (Fsp3) is 0.375. The lowest BCUT2D eigenvalue weighted by Gasteiger charge is -2.07. The lowest BCUT2D eigenvalue weighted by molar-refractivity contribution is -0.137. The van der Waals surface area contributed by atoms with Gasteiger partial charge in [-0.1, -0.05) is 6.42 Å². The van der Waals surface area contributed by atoms with Gasteiger partial charge in [-0.15, -0.1) is 0 Å². The van der Waals surface area contributed by atoms with Crippen molar-refractivity contribution in [3.8, 4) is 5.75 Å². The molecular weight excluding hydrogens is 272 g/mol. The minimum absolute atomic E-state index is 0.0615. The van der Waals surface area contributed by atoms with Gasteiger partial charge in [0, 0.05) is 18.1 Å². The molecule has 112 valence electrons. The minimum Gasteiger partial charge on any atom is -0.508 e. The number of unbranched alkanes of at least 4 members (excludes halogenated alkanes) is 2. The maximum atomic E-state index is 12.4. The third-order valence-electron chi connectivity index (χ3n) is 3.49. The zero-order chi connectivity index (χ0) is 15.4. The first-order valence-electron chi connectivity index (χ1n) is 6.96. The van der Waals surface area contributed by atoms with Crippen LogP contribution >= 0.6 is 0 Å². The van der Waals surface area contributed by atoms with Crippen LogP contribution in [0.2, 0.25) is 0 Å². The first kappa shape index (κ1) is 15.1. The Hall–Kier alpha value is -2.30. The maximum Gasteiger partial charge on any atom is 0.303 e. The number of carboxylic acid groups (broad SMARTS) is 1. The average Bonchev–Trinajstić information content (AvgIpc) is 2.40. The second kappa shape index (κ2) is 6.43. The number of phenolic OH excluding ortho intramolecular Hbond substituents is 1. The third kappa shape index (κ3) is 3.62. The monoisotopic (exact) mass is 290 g/mol. The highest BCUT2D eigenvalue weighted by atomic mass is 16.4. The molecule has 1 aromatic heterocycles. The number of carbonyl (C=O) groups is 1. The molecule has 2 aromatic rings. The summed E-state index contributed by atoms with van der Waals surface area (Å²) in [5, 5.41) is 18.4. The van der Waals surface area contributed by atoms with Gasteiger partial charge in [-0.05, 0) is 38.3 Å². The van der Waals surface area contributed by atoms with E-state index in [9.17, 15) is 14.7 Å². The number of fused-ring (bicyclic) bond motifs is 1. The van der Waals surface area contributed by atoms with Crippen molar-refractivity contribution in [3.63, 3.8) is 0 Å². The number of phenols is 1. The fourth-order valence-corrected chi connectivity index (χ4v) is 2.38. The molecule has 2 N–H and O–H groups in total. The summed E-state index contributed by atoms with van der Waals surface area (Å²) in [6, 6.07) is 4.45. The predicted molar refractivity (Wildman–Crippen MR) is 78.7 cm³/mol. The summed E-state index contributed by atoms with van der Waals surface area (Å²) in [5.41, 5.74) is 0.933. The van der Waals surface area contributed by atoms with E-state index in [4.69, 9.17) is 9.52 Å². The summed E-state index contributed by atoms with van der Waals surface area (Å²) in [5.74, 6) is -0.181. The quantitative estimate of drug-likeness (QED) is 0.798. The van der Waals surface area contributed by atoms with Crippen LogP contribution in [0.15, 0.2) is 27.4 Å². The largest absolute Gasteiger partial charge is 0.508 e. The van der Waals surface area contributed by atoms with E-state index < -0.39 is 5.97 Å². The van der Waals surface area contributed by atoms with Gasteiger partial charge in [0.25, 0.3) is 0 Å². The summed E-state index contributed by atoms with van der Waals surface area (Å²) in [4.78, 5) is 22.8. The standard InChI is InChI=1S/C16H18O5/c1-10-12(5-3-2-4-6-15(18)19)16(20)13-8-7-11(17)9-14(13)21-10/h7-9,17H,2-6H2,1H3,(H,18,19). The Balaban J connectivity index is 2.15. The van der Waals surface area contributed by atoms with Crippen LogP contribution in [-0.4, -0.2) is 16.2 Å². The zero-order valence-electron chi connectivity index (χ0n) is 11.9. The van der Waals surface area contributed by atoms with Crippen molar-refractivity contribution in [2.45, 2.75) is 39.0 Å². The third-order valence-corrected chi connectivity index (χ3v) is 3.49. The summed E-state index contributed by atoms with van der Waals surface area (Å²) in [6.07, 6.45) is 2.86. The van der Waals surface area contributed by atoms with Crippen LogP contribution in [-0.2, 0) is 11.2 Å². The Labute approximate surface area is 121 Å². The molecule has 0 saturated heterocycles. The van der Waals surface area contributed by atoms with Gasteiger partial charge in [0.2, 0.25) is 0 Å². The van der Waals surface area contributed by atoms with Gasteiger partial charge in [-0.2, -0.15) is 0 Å². The molecule has 1 aromatic carbocycles. The van der Waals surface area contributed by atoms with Crippen LogP contribution in [0, 0.1) is 6.92 Å². The Morgan fingerprint density at radius 2 is 2.00 bits per heavy atom. The van der Waals surface area contributed by atoms with E-state index in [1.165, 1.54) is 12.1 Å². The van der Waals surface area contributed by atoms with Crippen LogP contribution in [0.25, 0.3) is 11.0 Å². The van der Waals surface area contributed by atoms with Crippen LogP contribution in [0.3, 0.4) is 0 Å². The normalized spacial score (nSPS) is 10.9. The van der Waals surface area contributed by atoms with E-state index in [-0.39, 0.29) is 17.6 Å². The lowest BCUT2D eigenvalue weighted by atomic mass is 10.0. The predicted octanol–water partition coefficient (Wildman–Crippen LogP) is 2.99. The van der Waals surface area contributed by atoms with E-state index >= 15 is 0 Å². The van der Waals surface area contributed by atoms with E-state index in [0.717, 1.165) is 12.8 Å². The lowest BCUT2D eigenvalue weighted by Crippen LogP contribution is -2.11. The molecule has 2 rings (SSSR count). The SMILES string of the molecule is Cc1oc2cc(O)ccc2c(=O)c1CCCCCC(=O)O. The molecule has 0 unspecified atom stereocenters. The summed E-state index contributed by atoms with van der Waals surface area (Å²) < 4.78 is 5.60. The van der Waals surface area contributed by atoms with Crippen molar-refractivity contribution in [2.24, 2.45) is 0 Å². The topological polar surface area (TPSA) is 87.7 Å². The van der Waals surface area contributed by atoms with E-state index in [2.05, 4.69) is 0 Å². The highest BCUT2D eigenvalue weighted by Crippen LogP contribution is 2.21. The van der Waals surface area contributed by atoms with Crippen molar-refractivity contribution in [1.82, 2.24) is 0 Å². The average molecular weight is 290 g/mol. The van der Waals surface area contributed by atoms with Crippen LogP contribution in [0.4, 0.5) is 0 Å². The molecule has 0 saturated carbocycles. The molecule has 0 aliphatic heterocycles. The van der Waals surface area contributed by atoms with Crippen molar-refractivity contribution in [3.05, 3.63) is 39.7 Å². The molecule has 0 aliphatic carbocycles. The summed E-state index contributed by atoms with van der Waals surface area (Å²) in [6.45, 7) is 1.73. The number of carboxylic acids is 1. The Bertz CT molecular complexity index is 714. The van der Waals surface area contributed by atoms with Crippen LogP contribution < -0.4 is 5.43 Å². The van der Waals surface area contributed by atoms with Crippen molar-refractivity contribution in [1.29, 1.82) is 0 Å². The molecule has 5 heteroatoms. The smallest absolute Gasteiger partial charge is 0.303 e. The van der Waals surface area contributed by atoms with Crippen molar-refractivity contribution >= 4 is 16.9 Å². The van der Waals surface area contributed by atoms with E-state index in [0.29, 0.717) is 35.1 Å². The highest BCUT2D eigenvalue weighted by Gasteiger charge is 2.11. The number of aliphatic carboxylic acids is 1. The van der Waals surface area contributed by atoms with Gasteiger partial charge in [0.1, 0.15) is 17.1 Å². The number of hydrogen-bond acceptors (Lipinski definition) is 4. The Morgan fingerprint density at radius 3 is 2.71 bits per heavy atom. The molecular formula is C16H18O5. The van der Waals surface area contributed by atoms with Gasteiger partial charge in [0.05, 0.1) is 5.39 Å². The van der Waals surface area contributed by atoms with Gasteiger partial charge in [-0.25, -0.2) is 0 Å². The molecule has 0 aliphatic rings. The van der Waals surface area contributed by atoms with Crippen molar-refractivity contribution < 1.29 is 19.4 Å². The summed E-state index contributed by atoms with van der Waals surface area (Å²) >= 11 is 0. The van der Waals surface area contributed by atoms with Gasteiger partial charge in [0.15, 0.2) is 5.43 Å². The van der Waals surface area contributed by atoms with Gasteiger partial charge in [-0.3, -0.25) is 9.59 Å². The van der Waals surface area contributed by atoms with Crippen LogP contribution in [0.5, 0.6) is 5.75 Å². The molecule has 0 amide bonds. The molecule has 0 radical (unpaired) electrons. The molecule has 0 bridgehead atoms. The molecule has 1 heterocycles. The number of rotatable bonds is 6. The fourth-order valence-electron chi connectivity index (χ4n) is 2.38. The zero-order valence-corrected chi connectivity index (χ0v) is 11.9. The molecule has 0 fully saturated rings. The molecule has 21 heavy (non-hydrogen) atoms. The first-order valence-corrected chi connectivity index (χ1v) is 6.96. The molecule has 5 nitrogen and oxygen atoms in total. The maximum absolute atomic E-state index is 12.4. The molecule has 0 spiro atoms. The van der Waals surface area contributed by atoms with Crippen LogP contribution in [0.1, 0.15) is 37.0 Å². The number of aryl methyl sites for hydroxylation is 1. The van der Waals surface area contributed by atoms with E-state index in [1.54, 1.807) is 13.0 Å². The first-order chi connectivity index (χ1) is 9.99. The highest BCUT2D eigenvalue weighted by molar-refractivity contribution is 5.78. The van der Waals surface area contributed by atoms with Gasteiger partial charge < -0.3 is 14.6 Å². The number of hydrogen-bond donors (Lipinski definition) is 2. The van der Waals surface area contributed by atoms with Gasteiger partial charge >= 0.3 is 5.97 Å².